The average Bonchev–Trinajstić information content (AvgIpc) is 3.28. The van der Waals surface area contributed by atoms with Gasteiger partial charge in [0.25, 0.3) is 5.56 Å². The number of imidazole rings is 1. The van der Waals surface area contributed by atoms with Gasteiger partial charge in [-0.15, -0.1) is 0 Å². The minimum absolute atomic E-state index is 0.0804. The van der Waals surface area contributed by atoms with Gasteiger partial charge < -0.3 is 14.8 Å². The summed E-state index contributed by atoms with van der Waals surface area (Å²) in [5, 5.41) is 2.66. The summed E-state index contributed by atoms with van der Waals surface area (Å²) in [5.41, 5.74) is -0.675. The third-order valence-corrected chi connectivity index (χ3v) is 5.07. The predicted molar refractivity (Wildman–Crippen MR) is 91.5 cm³/mol. The number of hydrogen-bond donors (Lipinski definition) is 1. The Bertz CT molecular complexity index is 1030. The van der Waals surface area contributed by atoms with E-state index in [1.54, 1.807) is 11.9 Å². The molecule has 1 saturated carbocycles. The molecule has 2 amide bonds. The van der Waals surface area contributed by atoms with Crippen LogP contribution in [0.1, 0.15) is 19.3 Å². The second-order valence-corrected chi connectivity index (χ2v) is 6.93. The van der Waals surface area contributed by atoms with E-state index in [1.807, 2.05) is 0 Å². The van der Waals surface area contributed by atoms with E-state index >= 15 is 0 Å². The molecule has 10 heteroatoms. The smallest absolute Gasteiger partial charge is 0.332 e. The lowest BCUT2D eigenvalue weighted by Gasteiger charge is -2.16. The SMILES string of the molecule is Cn1cnc2c1c(=O)n(CC(=O)N[C@H]1CCN(C3CC3)C1=O)c(=O)n2C. The van der Waals surface area contributed by atoms with Gasteiger partial charge in [0.2, 0.25) is 11.8 Å². The fourth-order valence-corrected chi connectivity index (χ4v) is 3.50. The Labute approximate surface area is 148 Å². The largest absolute Gasteiger partial charge is 0.343 e. The molecule has 3 heterocycles. The Morgan fingerprint density at radius 1 is 1.23 bits per heavy atom. The van der Waals surface area contributed by atoms with Gasteiger partial charge in [0, 0.05) is 26.7 Å². The van der Waals surface area contributed by atoms with Gasteiger partial charge >= 0.3 is 5.69 Å². The number of amides is 2. The predicted octanol–water partition coefficient (Wildman–Crippen LogP) is -1.69. The van der Waals surface area contributed by atoms with Gasteiger partial charge in [0.1, 0.15) is 12.6 Å². The Morgan fingerprint density at radius 2 is 1.96 bits per heavy atom. The molecule has 4 rings (SSSR count). The Morgan fingerprint density at radius 3 is 2.65 bits per heavy atom. The van der Waals surface area contributed by atoms with Crippen molar-refractivity contribution in [2.24, 2.45) is 14.1 Å². The Hall–Kier alpha value is -2.91. The van der Waals surface area contributed by atoms with Crippen LogP contribution in [0.15, 0.2) is 15.9 Å². The molecule has 1 aliphatic heterocycles. The minimum Gasteiger partial charge on any atom is -0.343 e. The molecule has 1 aliphatic carbocycles. The number of carbonyl (C=O) groups excluding carboxylic acids is 2. The molecule has 0 radical (unpaired) electrons. The highest BCUT2D eigenvalue weighted by molar-refractivity contribution is 5.89. The third kappa shape index (κ3) is 2.52. The Kier molecular flexibility index (Phi) is 3.70. The second kappa shape index (κ2) is 5.82. The van der Waals surface area contributed by atoms with Crippen molar-refractivity contribution in [2.75, 3.05) is 6.54 Å². The summed E-state index contributed by atoms with van der Waals surface area (Å²) in [6.45, 7) is 0.205. The number of hydrogen-bond acceptors (Lipinski definition) is 5. The van der Waals surface area contributed by atoms with Gasteiger partial charge in [0.15, 0.2) is 11.2 Å². The molecular weight excluding hydrogens is 340 g/mol. The molecule has 0 spiro atoms. The topological polar surface area (TPSA) is 111 Å². The summed E-state index contributed by atoms with van der Waals surface area (Å²) < 4.78 is 3.62. The van der Waals surface area contributed by atoms with Crippen LogP contribution in [0, 0.1) is 0 Å². The Balaban J connectivity index is 1.56. The van der Waals surface area contributed by atoms with E-state index in [9.17, 15) is 19.2 Å². The minimum atomic E-state index is -0.617. The lowest BCUT2D eigenvalue weighted by molar-refractivity contribution is -0.133. The zero-order valence-electron chi connectivity index (χ0n) is 14.6. The number of nitrogens with one attached hydrogen (secondary N) is 1. The average molecular weight is 360 g/mol. The maximum absolute atomic E-state index is 12.6. The van der Waals surface area contributed by atoms with E-state index in [0.717, 1.165) is 17.4 Å². The normalized spacial score (nSPS) is 20.2. The number of nitrogens with zero attached hydrogens (tertiary/aromatic N) is 5. The molecular formula is C16H20N6O4. The van der Waals surface area contributed by atoms with Gasteiger partial charge in [-0.1, -0.05) is 0 Å². The second-order valence-electron chi connectivity index (χ2n) is 6.93. The molecule has 0 bridgehead atoms. The summed E-state index contributed by atoms with van der Waals surface area (Å²) in [7, 11) is 3.15. The van der Waals surface area contributed by atoms with E-state index in [0.29, 0.717) is 19.0 Å². The highest BCUT2D eigenvalue weighted by Crippen LogP contribution is 2.30. The highest BCUT2D eigenvalue weighted by Gasteiger charge is 2.40. The number of fused-ring (bicyclic) bond motifs is 1. The van der Waals surface area contributed by atoms with Gasteiger partial charge in [-0.3, -0.25) is 19.0 Å². The van der Waals surface area contributed by atoms with Gasteiger partial charge in [-0.05, 0) is 19.3 Å². The molecule has 1 atom stereocenters. The molecule has 2 aromatic heterocycles. The molecule has 10 nitrogen and oxygen atoms in total. The van der Waals surface area contributed by atoms with E-state index in [1.165, 1.54) is 22.5 Å². The third-order valence-electron chi connectivity index (χ3n) is 5.07. The number of rotatable bonds is 4. The van der Waals surface area contributed by atoms with Crippen LogP contribution in [-0.4, -0.2) is 54.0 Å². The summed E-state index contributed by atoms with van der Waals surface area (Å²) in [5.74, 6) is -0.607. The first-order valence-electron chi connectivity index (χ1n) is 8.59. The van der Waals surface area contributed by atoms with Crippen molar-refractivity contribution in [3.8, 4) is 0 Å². The maximum atomic E-state index is 12.6. The van der Waals surface area contributed by atoms with Crippen molar-refractivity contribution in [2.45, 2.75) is 37.9 Å². The first-order valence-corrected chi connectivity index (χ1v) is 8.59. The van der Waals surface area contributed by atoms with E-state index in [2.05, 4.69) is 10.3 Å². The molecule has 0 aromatic carbocycles. The molecule has 1 saturated heterocycles. The molecule has 2 aliphatic rings. The summed E-state index contributed by atoms with van der Waals surface area (Å²) >= 11 is 0. The monoisotopic (exact) mass is 360 g/mol. The van der Waals surface area contributed by atoms with Crippen LogP contribution in [0.5, 0.6) is 0 Å². The first-order chi connectivity index (χ1) is 12.4. The van der Waals surface area contributed by atoms with Crippen molar-refractivity contribution in [3.63, 3.8) is 0 Å². The molecule has 2 aromatic rings. The van der Waals surface area contributed by atoms with Crippen LogP contribution in [0.4, 0.5) is 0 Å². The van der Waals surface area contributed by atoms with Crippen molar-refractivity contribution in [1.29, 1.82) is 0 Å². The van der Waals surface area contributed by atoms with Crippen LogP contribution in [-0.2, 0) is 30.2 Å². The number of carbonyl (C=O) groups is 2. The van der Waals surface area contributed by atoms with Crippen molar-refractivity contribution >= 4 is 23.0 Å². The number of aryl methyl sites for hydroxylation is 2. The zero-order valence-corrected chi connectivity index (χ0v) is 14.6. The lowest BCUT2D eigenvalue weighted by Crippen LogP contribution is -2.47. The summed E-state index contributed by atoms with van der Waals surface area (Å²) in [6.07, 6.45) is 4.03. The van der Waals surface area contributed by atoms with Gasteiger partial charge in [-0.25, -0.2) is 14.3 Å². The molecule has 0 unspecified atom stereocenters. The van der Waals surface area contributed by atoms with Crippen molar-refractivity contribution in [3.05, 3.63) is 27.2 Å². The molecule has 138 valence electrons. The zero-order chi connectivity index (χ0) is 18.6. The molecule has 2 fully saturated rings. The standard InChI is InChI=1S/C16H20N6O4/c1-19-8-17-13-12(19)15(25)22(16(26)20(13)2)7-11(23)18-10-5-6-21(14(10)24)9-3-4-9/h8-10H,3-7H2,1-2H3,(H,18,23)/t10-/m0/s1. The van der Waals surface area contributed by atoms with Crippen LogP contribution in [0.25, 0.3) is 11.2 Å². The van der Waals surface area contributed by atoms with E-state index in [4.69, 9.17) is 0 Å². The summed E-state index contributed by atoms with van der Waals surface area (Å²) in [4.78, 5) is 55.6. The van der Waals surface area contributed by atoms with Crippen molar-refractivity contribution in [1.82, 2.24) is 28.9 Å². The fraction of sp³-hybridized carbons (Fsp3) is 0.562. The lowest BCUT2D eigenvalue weighted by atomic mass is 10.2. The fourth-order valence-electron chi connectivity index (χ4n) is 3.50. The van der Waals surface area contributed by atoms with Crippen LogP contribution in [0.2, 0.25) is 0 Å². The number of aromatic nitrogens is 4. The van der Waals surface area contributed by atoms with Gasteiger partial charge in [0.05, 0.1) is 6.33 Å². The number of likely N-dealkylation sites (tertiary alicyclic amines) is 1. The van der Waals surface area contributed by atoms with Crippen LogP contribution < -0.4 is 16.6 Å². The quantitative estimate of drug-likeness (QED) is 0.700. The van der Waals surface area contributed by atoms with E-state index in [-0.39, 0.29) is 17.1 Å². The first kappa shape index (κ1) is 16.6. The van der Waals surface area contributed by atoms with Gasteiger partial charge in [-0.2, -0.15) is 0 Å². The highest BCUT2D eigenvalue weighted by atomic mass is 16.2. The van der Waals surface area contributed by atoms with Crippen molar-refractivity contribution < 1.29 is 9.59 Å². The summed E-state index contributed by atoms with van der Waals surface area (Å²) in [6, 6.07) is -0.269. The van der Waals surface area contributed by atoms with Crippen LogP contribution >= 0.6 is 0 Å². The molecule has 1 N–H and O–H groups in total. The molecule has 26 heavy (non-hydrogen) atoms. The van der Waals surface area contributed by atoms with E-state index < -0.39 is 29.7 Å². The maximum Gasteiger partial charge on any atom is 0.332 e. The van der Waals surface area contributed by atoms with Crippen LogP contribution in [0.3, 0.4) is 0 Å².